The Balaban J connectivity index is 2.37. The van der Waals surface area contributed by atoms with Crippen molar-refractivity contribution >= 4 is 27.4 Å². The first-order valence-electron chi connectivity index (χ1n) is 5.75. The molecule has 0 N–H and O–H groups in total. The molecular weight excluding hydrogens is 285 g/mol. The van der Waals surface area contributed by atoms with Gasteiger partial charge in [0.15, 0.2) is 0 Å². The molecule has 0 radical (unpaired) electrons. The largest absolute Gasteiger partial charge is 0.364 e. The van der Waals surface area contributed by atoms with Crippen LogP contribution in [0.5, 0.6) is 0 Å². The predicted molar refractivity (Wildman–Crippen MR) is 69.7 cm³/mol. The fourth-order valence-corrected chi connectivity index (χ4v) is 2.85. The Morgan fingerprint density at radius 3 is 2.76 bits per heavy atom. The lowest BCUT2D eigenvalue weighted by atomic mass is 9.90. The van der Waals surface area contributed by atoms with E-state index in [9.17, 15) is 9.18 Å². The first-order valence-corrected chi connectivity index (χ1v) is 6.55. The molecule has 2 rings (SSSR count). The van der Waals surface area contributed by atoms with Gasteiger partial charge in [0.2, 0.25) is 0 Å². The van der Waals surface area contributed by atoms with Gasteiger partial charge in [-0.2, -0.15) is 0 Å². The summed E-state index contributed by atoms with van der Waals surface area (Å²) in [6.45, 7) is 4.47. The van der Waals surface area contributed by atoms with Gasteiger partial charge in [0.05, 0.1) is 5.69 Å². The average molecular weight is 300 g/mol. The molecule has 0 spiro atoms. The number of carbonyl (C=O) groups is 1. The minimum absolute atomic E-state index is 0.0319. The molecule has 1 aliphatic rings. The highest BCUT2D eigenvalue weighted by Crippen LogP contribution is 2.34. The average Bonchev–Trinajstić information content (AvgIpc) is 2.29. The van der Waals surface area contributed by atoms with Gasteiger partial charge in [-0.25, -0.2) is 4.39 Å². The summed E-state index contributed by atoms with van der Waals surface area (Å²) in [7, 11) is 0. The third-order valence-electron chi connectivity index (χ3n) is 3.55. The van der Waals surface area contributed by atoms with Crippen molar-refractivity contribution in [3.63, 3.8) is 0 Å². The van der Waals surface area contributed by atoms with E-state index < -0.39 is 0 Å². The Morgan fingerprint density at radius 1 is 1.41 bits per heavy atom. The van der Waals surface area contributed by atoms with Crippen LogP contribution in [0.2, 0.25) is 0 Å². The van der Waals surface area contributed by atoms with Crippen molar-refractivity contribution in [3.05, 3.63) is 28.5 Å². The first kappa shape index (κ1) is 12.6. The van der Waals surface area contributed by atoms with Crippen LogP contribution >= 0.6 is 15.9 Å². The number of ketones is 1. The maximum atomic E-state index is 13.9. The van der Waals surface area contributed by atoms with Gasteiger partial charge in [-0.3, -0.25) is 4.79 Å². The Bertz CT molecular complexity index is 429. The number of rotatable bonds is 1. The van der Waals surface area contributed by atoms with E-state index in [1.54, 1.807) is 6.07 Å². The molecular formula is C13H15BrFNO. The molecule has 92 valence electrons. The molecule has 1 saturated heterocycles. The van der Waals surface area contributed by atoms with E-state index in [4.69, 9.17) is 0 Å². The van der Waals surface area contributed by atoms with Gasteiger partial charge >= 0.3 is 0 Å². The minimum atomic E-state index is -0.243. The van der Waals surface area contributed by atoms with Crippen LogP contribution in [-0.4, -0.2) is 18.4 Å². The van der Waals surface area contributed by atoms with Crippen molar-refractivity contribution in [1.29, 1.82) is 0 Å². The third kappa shape index (κ3) is 2.23. The maximum absolute atomic E-state index is 13.9. The zero-order valence-corrected chi connectivity index (χ0v) is 11.5. The molecule has 2 atom stereocenters. The number of Topliss-reactive ketones (excluding diaryl/α,β-unsaturated/α-hetero) is 1. The highest BCUT2D eigenvalue weighted by Gasteiger charge is 2.32. The quantitative estimate of drug-likeness (QED) is 0.792. The molecule has 1 heterocycles. The van der Waals surface area contributed by atoms with Crippen LogP contribution in [0.3, 0.4) is 0 Å². The summed E-state index contributed by atoms with van der Waals surface area (Å²) in [4.78, 5) is 13.6. The zero-order chi connectivity index (χ0) is 12.6. The molecule has 0 amide bonds. The summed E-state index contributed by atoms with van der Waals surface area (Å²) in [6, 6.07) is 4.98. The molecule has 0 bridgehead atoms. The smallest absolute Gasteiger partial charge is 0.147 e. The Hall–Kier alpha value is -0.900. The fraction of sp³-hybridized carbons (Fsp3) is 0.462. The third-order valence-corrected chi connectivity index (χ3v) is 4.19. The lowest BCUT2D eigenvalue weighted by molar-refractivity contribution is -0.123. The Labute approximate surface area is 109 Å². The summed E-state index contributed by atoms with van der Waals surface area (Å²) in [5.41, 5.74) is 0.569. The summed E-state index contributed by atoms with van der Waals surface area (Å²) < 4.78 is 14.6. The van der Waals surface area contributed by atoms with Crippen molar-refractivity contribution in [1.82, 2.24) is 0 Å². The van der Waals surface area contributed by atoms with Crippen LogP contribution in [0.1, 0.15) is 20.3 Å². The van der Waals surface area contributed by atoms with Gasteiger partial charge in [-0.1, -0.05) is 13.0 Å². The van der Waals surface area contributed by atoms with Crippen molar-refractivity contribution in [2.75, 3.05) is 11.4 Å². The topological polar surface area (TPSA) is 20.3 Å². The van der Waals surface area contributed by atoms with Crippen molar-refractivity contribution < 1.29 is 9.18 Å². The molecule has 0 aromatic heterocycles. The number of para-hydroxylation sites is 1. The zero-order valence-electron chi connectivity index (χ0n) is 9.91. The van der Waals surface area contributed by atoms with Gasteiger partial charge in [-0.15, -0.1) is 0 Å². The number of carbonyl (C=O) groups excluding carboxylic acids is 1. The number of hydrogen-bond acceptors (Lipinski definition) is 2. The van der Waals surface area contributed by atoms with Crippen LogP contribution in [0.4, 0.5) is 10.1 Å². The van der Waals surface area contributed by atoms with Crippen LogP contribution < -0.4 is 4.90 Å². The molecule has 1 aliphatic heterocycles. The van der Waals surface area contributed by atoms with Crippen molar-refractivity contribution in [2.24, 2.45) is 5.92 Å². The highest BCUT2D eigenvalue weighted by atomic mass is 79.9. The maximum Gasteiger partial charge on any atom is 0.147 e. The molecule has 0 saturated carbocycles. The van der Waals surface area contributed by atoms with E-state index in [1.807, 2.05) is 24.8 Å². The predicted octanol–water partition coefficient (Wildman–Crippen LogP) is 3.39. The monoisotopic (exact) mass is 299 g/mol. The van der Waals surface area contributed by atoms with Crippen LogP contribution in [-0.2, 0) is 4.79 Å². The Kier molecular flexibility index (Phi) is 3.52. The van der Waals surface area contributed by atoms with E-state index in [2.05, 4.69) is 15.9 Å². The summed E-state index contributed by atoms with van der Waals surface area (Å²) in [5, 5.41) is 0. The van der Waals surface area contributed by atoms with Crippen molar-refractivity contribution in [2.45, 2.75) is 26.3 Å². The van der Waals surface area contributed by atoms with Crippen LogP contribution in [0, 0.1) is 11.7 Å². The molecule has 0 aliphatic carbocycles. The minimum Gasteiger partial charge on any atom is -0.364 e. The second-order valence-corrected chi connectivity index (χ2v) is 5.36. The number of benzene rings is 1. The van der Waals surface area contributed by atoms with Gasteiger partial charge < -0.3 is 4.90 Å². The van der Waals surface area contributed by atoms with E-state index in [1.165, 1.54) is 6.07 Å². The van der Waals surface area contributed by atoms with Gasteiger partial charge in [0.25, 0.3) is 0 Å². The fourth-order valence-electron chi connectivity index (χ4n) is 2.28. The molecule has 17 heavy (non-hydrogen) atoms. The number of nitrogens with zero attached hydrogens (tertiary/aromatic N) is 1. The lowest BCUT2D eigenvalue weighted by Crippen LogP contribution is -2.47. The number of halogens is 2. The highest BCUT2D eigenvalue weighted by molar-refractivity contribution is 9.10. The second kappa shape index (κ2) is 4.77. The van der Waals surface area contributed by atoms with Gasteiger partial charge in [0.1, 0.15) is 11.6 Å². The van der Waals surface area contributed by atoms with Gasteiger partial charge in [-0.05, 0) is 35.0 Å². The number of anilines is 1. The van der Waals surface area contributed by atoms with E-state index in [-0.39, 0.29) is 23.6 Å². The van der Waals surface area contributed by atoms with E-state index in [0.29, 0.717) is 18.7 Å². The standard InChI is InChI=1S/C13H15BrFNO/c1-8-9(2)16(7-6-12(8)17)13-10(14)4-3-5-11(13)15/h3-5,8-9H,6-7H2,1-2H3. The second-order valence-electron chi connectivity index (χ2n) is 4.51. The van der Waals surface area contributed by atoms with E-state index >= 15 is 0 Å². The normalized spacial score (nSPS) is 25.2. The number of piperidine rings is 1. The lowest BCUT2D eigenvalue weighted by Gasteiger charge is -2.39. The molecule has 1 aromatic carbocycles. The molecule has 2 unspecified atom stereocenters. The Morgan fingerprint density at radius 2 is 2.12 bits per heavy atom. The molecule has 1 aromatic rings. The number of hydrogen-bond donors (Lipinski definition) is 0. The first-order chi connectivity index (χ1) is 8.02. The SMILES string of the molecule is CC1C(=O)CCN(c2c(F)cccc2Br)C1C. The van der Waals surface area contributed by atoms with Gasteiger partial charge in [0, 0.05) is 29.4 Å². The molecule has 1 fully saturated rings. The van der Waals surface area contributed by atoms with Crippen LogP contribution in [0.15, 0.2) is 22.7 Å². The summed E-state index contributed by atoms with van der Waals surface area (Å²) in [6.07, 6.45) is 0.492. The van der Waals surface area contributed by atoms with E-state index in [0.717, 1.165) is 4.47 Å². The molecule has 2 nitrogen and oxygen atoms in total. The summed E-state index contributed by atoms with van der Waals surface area (Å²) >= 11 is 3.38. The molecule has 4 heteroatoms. The van der Waals surface area contributed by atoms with Crippen molar-refractivity contribution in [3.8, 4) is 0 Å². The van der Waals surface area contributed by atoms with Crippen LogP contribution in [0.25, 0.3) is 0 Å². The summed E-state index contributed by atoms with van der Waals surface area (Å²) in [5.74, 6) is -0.0239.